The molecule has 0 spiro atoms. The van der Waals surface area contributed by atoms with Gasteiger partial charge in [0.25, 0.3) is 17.5 Å². The van der Waals surface area contributed by atoms with Crippen LogP contribution in [0.15, 0.2) is 53.5 Å². The molecule has 4 heterocycles. The van der Waals surface area contributed by atoms with Crippen molar-refractivity contribution in [1.29, 1.82) is 0 Å². The Morgan fingerprint density at radius 3 is 2.27 bits per heavy atom. The van der Waals surface area contributed by atoms with Gasteiger partial charge in [-0.1, -0.05) is 38.0 Å². The van der Waals surface area contributed by atoms with Crippen LogP contribution in [0.1, 0.15) is 65.4 Å². The molecule has 0 unspecified atom stereocenters. The van der Waals surface area contributed by atoms with Crippen molar-refractivity contribution in [3.63, 3.8) is 0 Å². The molecule has 2 amide bonds. The van der Waals surface area contributed by atoms with Crippen molar-refractivity contribution in [2.24, 2.45) is 10.7 Å². The largest absolute Gasteiger partial charge is 0.387 e. The Morgan fingerprint density at radius 1 is 1.02 bits per heavy atom. The molecule has 0 saturated heterocycles. The van der Waals surface area contributed by atoms with E-state index in [0.29, 0.717) is 39.9 Å². The lowest BCUT2D eigenvalue weighted by Crippen LogP contribution is -2.29. The third-order valence-corrected chi connectivity index (χ3v) is 6.79. The first-order valence-electron chi connectivity index (χ1n) is 12.8. The number of aryl methyl sites for hydroxylation is 1. The zero-order chi connectivity index (χ0) is 28.3. The molecule has 0 atom stereocenters. The standard InChI is InChI=1S/C29H27N9O2/c1-15-21(25(34-33-15)31-16(2)30)14-22-23(29(3,4)5)35-38-26(22)32-24(36-38)17-10-12-18(13-11-17)37-27(39)19-8-6-7-9-20(19)28(37)40/h6-14H,1-5H3,(H3,30,31,33,34)/p+1/b22-14-. The van der Waals surface area contributed by atoms with Gasteiger partial charge < -0.3 is 5.73 Å². The van der Waals surface area contributed by atoms with E-state index in [1.807, 2.05) is 25.1 Å². The number of rotatable bonds is 4. The normalized spacial score (nSPS) is 14.6. The first-order valence-corrected chi connectivity index (χ1v) is 12.8. The van der Waals surface area contributed by atoms with E-state index in [9.17, 15) is 9.59 Å². The van der Waals surface area contributed by atoms with Gasteiger partial charge in [-0.05, 0) is 56.3 Å². The van der Waals surface area contributed by atoms with Crippen LogP contribution in [0.2, 0.25) is 0 Å². The average molecular weight is 535 g/mol. The lowest BCUT2D eigenvalue weighted by molar-refractivity contribution is -0.333. The van der Waals surface area contributed by atoms with Crippen LogP contribution in [0.5, 0.6) is 0 Å². The summed E-state index contributed by atoms with van der Waals surface area (Å²) in [6.45, 7) is 9.92. The smallest absolute Gasteiger partial charge is 0.309 e. The number of aromatic amines is 2. The van der Waals surface area contributed by atoms with Crippen LogP contribution in [0.25, 0.3) is 23.1 Å². The van der Waals surface area contributed by atoms with E-state index in [-0.39, 0.29) is 17.2 Å². The minimum Gasteiger partial charge on any atom is -0.387 e. The zero-order valence-corrected chi connectivity index (χ0v) is 22.8. The Balaban J connectivity index is 1.42. The zero-order valence-electron chi connectivity index (χ0n) is 22.8. The summed E-state index contributed by atoms with van der Waals surface area (Å²) in [5.41, 5.74) is 10.9. The fourth-order valence-electron chi connectivity index (χ4n) is 4.85. The van der Waals surface area contributed by atoms with E-state index in [0.717, 1.165) is 27.7 Å². The van der Waals surface area contributed by atoms with Gasteiger partial charge in [0.05, 0.1) is 44.2 Å². The Bertz CT molecular complexity index is 1870. The number of nitrogens with two attached hydrogens (primary N) is 1. The third-order valence-electron chi connectivity index (χ3n) is 6.79. The fourth-order valence-corrected chi connectivity index (χ4v) is 4.85. The predicted octanol–water partition coefficient (Wildman–Crippen LogP) is 2.90. The second kappa shape index (κ2) is 8.94. The number of imide groups is 1. The number of amides is 2. The number of benzene rings is 2. The highest BCUT2D eigenvalue weighted by atomic mass is 16.2. The summed E-state index contributed by atoms with van der Waals surface area (Å²) in [6.07, 6.45) is 2.00. The van der Waals surface area contributed by atoms with E-state index in [2.05, 4.69) is 40.9 Å². The van der Waals surface area contributed by atoms with Crippen molar-refractivity contribution in [1.82, 2.24) is 25.0 Å². The third kappa shape index (κ3) is 4.03. The van der Waals surface area contributed by atoms with E-state index in [4.69, 9.17) is 15.9 Å². The number of aromatic nitrogens is 6. The van der Waals surface area contributed by atoms with Crippen LogP contribution in [0, 0.1) is 6.92 Å². The first-order chi connectivity index (χ1) is 19.0. The molecule has 11 heteroatoms. The van der Waals surface area contributed by atoms with Crippen LogP contribution in [0.3, 0.4) is 0 Å². The minimum atomic E-state index is -0.331. The molecule has 1 aliphatic rings. The van der Waals surface area contributed by atoms with Gasteiger partial charge in [0.2, 0.25) is 0 Å². The number of anilines is 1. The van der Waals surface area contributed by atoms with Crippen molar-refractivity contribution in [3.8, 4) is 11.4 Å². The lowest BCUT2D eigenvalue weighted by Gasteiger charge is -2.14. The molecule has 40 heavy (non-hydrogen) atoms. The number of hydrogen-bond donors (Lipinski definition) is 2. The Morgan fingerprint density at radius 2 is 1.68 bits per heavy atom. The quantitative estimate of drug-likeness (QED) is 0.206. The van der Waals surface area contributed by atoms with Crippen LogP contribution in [-0.2, 0) is 5.41 Å². The van der Waals surface area contributed by atoms with Crippen molar-refractivity contribution < 1.29 is 14.6 Å². The molecule has 0 aliphatic carbocycles. The Kier molecular flexibility index (Phi) is 5.61. The summed E-state index contributed by atoms with van der Waals surface area (Å²) in [5.74, 6) is 0.836. The van der Waals surface area contributed by atoms with Gasteiger partial charge in [-0.2, -0.15) is 5.10 Å². The van der Waals surface area contributed by atoms with Crippen molar-refractivity contribution in [2.45, 2.75) is 40.0 Å². The number of nitrogens with one attached hydrogen (secondary N) is 2. The summed E-state index contributed by atoms with van der Waals surface area (Å²) >= 11 is 0. The monoisotopic (exact) mass is 534 g/mol. The number of amidine groups is 1. The highest BCUT2D eigenvalue weighted by molar-refractivity contribution is 6.34. The molecule has 4 N–H and O–H groups in total. The molecule has 0 saturated carbocycles. The Hall–Kier alpha value is -5.19. The molecular formula is C29H28N9O2+. The second-order valence-corrected chi connectivity index (χ2v) is 10.8. The second-order valence-electron chi connectivity index (χ2n) is 10.8. The van der Waals surface area contributed by atoms with Crippen molar-refractivity contribution in [3.05, 3.63) is 81.8 Å². The van der Waals surface area contributed by atoms with E-state index in [1.165, 1.54) is 4.90 Å². The van der Waals surface area contributed by atoms with Crippen LogP contribution < -0.4 is 20.8 Å². The number of carbonyl (C=O) groups is 2. The van der Waals surface area contributed by atoms with Crippen molar-refractivity contribution >= 4 is 40.9 Å². The Labute approximate surface area is 229 Å². The van der Waals surface area contributed by atoms with Crippen LogP contribution in [0.4, 0.5) is 11.5 Å². The number of hydrogen-bond acceptors (Lipinski definition) is 6. The molecule has 0 radical (unpaired) electrons. The maximum Gasteiger partial charge on any atom is 0.309 e. The number of nitrogens with zero attached hydrogens (tertiary/aromatic N) is 6. The number of aliphatic imine (C=N–C) groups is 1. The summed E-state index contributed by atoms with van der Waals surface area (Å²) in [5, 5.41) is 17.7. The van der Waals surface area contributed by atoms with E-state index >= 15 is 0 Å². The van der Waals surface area contributed by atoms with Gasteiger partial charge in [0.1, 0.15) is 0 Å². The van der Waals surface area contributed by atoms with Gasteiger partial charge in [-0.15, -0.1) is 0 Å². The summed E-state index contributed by atoms with van der Waals surface area (Å²) in [7, 11) is 0. The number of carbonyl (C=O) groups excluding carboxylic acids is 2. The first kappa shape index (κ1) is 25.1. The van der Waals surface area contributed by atoms with Crippen LogP contribution in [-0.4, -0.2) is 42.7 Å². The SMILES string of the molecule is CC(N)=Nc1n[nH]c(C)c1/C=c1/c(C(C)(C)C)nn2nc(-c3ccc(N4C(=O)c5ccccc5C4=O)cc3)[nH+]c12. The predicted molar refractivity (Wildman–Crippen MR) is 150 cm³/mol. The minimum absolute atomic E-state index is 0.264. The average Bonchev–Trinajstić information content (AvgIpc) is 3.63. The molecule has 2 aromatic carbocycles. The molecule has 11 nitrogen and oxygen atoms in total. The van der Waals surface area contributed by atoms with Gasteiger partial charge in [-0.3, -0.25) is 14.7 Å². The summed E-state index contributed by atoms with van der Waals surface area (Å²) < 4.78 is 1.59. The van der Waals surface area contributed by atoms with Gasteiger partial charge in [0.15, 0.2) is 5.82 Å². The highest BCUT2D eigenvalue weighted by Gasteiger charge is 2.36. The molecule has 3 aromatic heterocycles. The van der Waals surface area contributed by atoms with Crippen LogP contribution >= 0.6 is 0 Å². The van der Waals surface area contributed by atoms with Gasteiger partial charge >= 0.3 is 5.82 Å². The molecule has 0 fully saturated rings. The number of fused-ring (bicyclic) bond motifs is 2. The molecule has 1 aliphatic heterocycles. The van der Waals surface area contributed by atoms with Crippen molar-refractivity contribution in [2.75, 3.05) is 4.90 Å². The van der Waals surface area contributed by atoms with Gasteiger partial charge in [0, 0.05) is 21.3 Å². The highest BCUT2D eigenvalue weighted by Crippen LogP contribution is 2.29. The topological polar surface area (TPSA) is 149 Å². The van der Waals surface area contributed by atoms with Gasteiger partial charge in [-0.25, -0.2) is 14.9 Å². The summed E-state index contributed by atoms with van der Waals surface area (Å²) in [6, 6.07) is 14.0. The summed E-state index contributed by atoms with van der Waals surface area (Å²) in [4.78, 5) is 34.7. The maximum atomic E-state index is 12.9. The fraction of sp³-hybridized carbons (Fsp3) is 0.207. The van der Waals surface area contributed by atoms with E-state index in [1.54, 1.807) is 48.0 Å². The number of H-pyrrole nitrogens is 2. The van der Waals surface area contributed by atoms with E-state index < -0.39 is 0 Å². The molecule has 200 valence electrons. The molecular weight excluding hydrogens is 506 g/mol. The lowest BCUT2D eigenvalue weighted by atomic mass is 9.91. The molecule has 0 bridgehead atoms. The molecule has 5 aromatic rings. The maximum absolute atomic E-state index is 12.9. The molecule has 6 rings (SSSR count).